The Morgan fingerprint density at radius 1 is 1.29 bits per heavy atom. The Balaban J connectivity index is 1.87. The van der Waals surface area contributed by atoms with E-state index < -0.39 is 15.6 Å². The predicted octanol–water partition coefficient (Wildman–Crippen LogP) is 0.420. The van der Waals surface area contributed by atoms with Gasteiger partial charge in [0.2, 0.25) is 15.9 Å². The van der Waals surface area contributed by atoms with Crippen molar-refractivity contribution in [1.29, 1.82) is 0 Å². The molecule has 8 nitrogen and oxygen atoms in total. The average molecular weight is 414 g/mol. The molecule has 28 heavy (non-hydrogen) atoms. The second-order valence-electron chi connectivity index (χ2n) is 7.57. The molecule has 9 heteroatoms. The standard InChI is InChI=1S/C19H31N3O5S/c1-21(14-16-5-7-17(27-2)8-6-16)15-19(24)9-4-11-22(12-10-19)18(23)13-20-28(3,25)26/h5-8,20,24H,4,9-15H2,1-3H3/t19-/m0/s1. The predicted molar refractivity (Wildman–Crippen MR) is 108 cm³/mol. The third-order valence-corrected chi connectivity index (χ3v) is 5.60. The van der Waals surface area contributed by atoms with Crippen LogP contribution in [0.1, 0.15) is 24.8 Å². The number of amides is 1. The first-order valence-electron chi connectivity index (χ1n) is 9.36. The lowest BCUT2D eigenvalue weighted by atomic mass is 9.94. The molecule has 0 bridgehead atoms. The second-order valence-corrected chi connectivity index (χ2v) is 9.41. The lowest BCUT2D eigenvalue weighted by molar-refractivity contribution is -0.130. The van der Waals surface area contributed by atoms with Gasteiger partial charge in [0, 0.05) is 26.2 Å². The fraction of sp³-hybridized carbons (Fsp3) is 0.632. The topological polar surface area (TPSA) is 99.2 Å². The van der Waals surface area contributed by atoms with Gasteiger partial charge in [-0.05, 0) is 44.0 Å². The molecule has 0 radical (unpaired) electrons. The lowest BCUT2D eigenvalue weighted by Gasteiger charge is -2.32. The minimum atomic E-state index is -3.40. The second kappa shape index (κ2) is 9.69. The van der Waals surface area contributed by atoms with Crippen molar-refractivity contribution in [3.05, 3.63) is 29.8 Å². The molecule has 2 N–H and O–H groups in total. The highest BCUT2D eigenvalue weighted by Crippen LogP contribution is 2.24. The van der Waals surface area contributed by atoms with E-state index in [1.807, 2.05) is 31.3 Å². The summed E-state index contributed by atoms with van der Waals surface area (Å²) in [5.41, 5.74) is 0.254. The minimum Gasteiger partial charge on any atom is -0.497 e. The van der Waals surface area contributed by atoms with Crippen LogP contribution in [0.5, 0.6) is 5.75 Å². The van der Waals surface area contributed by atoms with Crippen LogP contribution in [0.2, 0.25) is 0 Å². The fourth-order valence-corrected chi connectivity index (χ4v) is 3.88. The molecular weight excluding hydrogens is 382 g/mol. The van der Waals surface area contributed by atoms with Crippen LogP contribution in [-0.4, -0.2) is 81.4 Å². The van der Waals surface area contributed by atoms with Crippen molar-refractivity contribution in [2.45, 2.75) is 31.4 Å². The van der Waals surface area contributed by atoms with E-state index >= 15 is 0 Å². The van der Waals surface area contributed by atoms with Gasteiger partial charge < -0.3 is 14.7 Å². The lowest BCUT2D eigenvalue weighted by Crippen LogP contribution is -2.43. The molecule has 0 unspecified atom stereocenters. The molecule has 1 fully saturated rings. The molecular formula is C19H31N3O5S. The van der Waals surface area contributed by atoms with Crippen LogP contribution in [0, 0.1) is 0 Å². The number of ether oxygens (including phenoxy) is 1. The molecule has 1 saturated heterocycles. The molecule has 0 saturated carbocycles. The summed E-state index contributed by atoms with van der Waals surface area (Å²) in [6.45, 7) is 1.90. The number of sulfonamides is 1. The van der Waals surface area contributed by atoms with Gasteiger partial charge in [-0.25, -0.2) is 13.1 Å². The largest absolute Gasteiger partial charge is 0.497 e. The molecule has 0 aliphatic carbocycles. The maximum absolute atomic E-state index is 12.2. The molecule has 2 rings (SSSR count). The van der Waals surface area contributed by atoms with Crippen molar-refractivity contribution in [1.82, 2.24) is 14.5 Å². The molecule has 0 aromatic heterocycles. The van der Waals surface area contributed by atoms with E-state index in [4.69, 9.17) is 4.74 Å². The Morgan fingerprint density at radius 3 is 2.57 bits per heavy atom. The normalized spacial score (nSPS) is 20.8. The Morgan fingerprint density at radius 2 is 1.96 bits per heavy atom. The number of hydrogen-bond acceptors (Lipinski definition) is 6. The van der Waals surface area contributed by atoms with Crippen molar-refractivity contribution >= 4 is 15.9 Å². The van der Waals surface area contributed by atoms with Gasteiger partial charge in [0.15, 0.2) is 0 Å². The number of carbonyl (C=O) groups excluding carboxylic acids is 1. The molecule has 158 valence electrons. The number of nitrogens with one attached hydrogen (secondary N) is 1. The summed E-state index contributed by atoms with van der Waals surface area (Å²) in [5, 5.41) is 11.0. The van der Waals surface area contributed by atoms with E-state index in [9.17, 15) is 18.3 Å². The number of nitrogens with zero attached hydrogens (tertiary/aromatic N) is 2. The maximum Gasteiger partial charge on any atom is 0.237 e. The van der Waals surface area contributed by atoms with E-state index in [0.717, 1.165) is 17.6 Å². The van der Waals surface area contributed by atoms with E-state index in [1.165, 1.54) is 0 Å². The average Bonchev–Trinajstić information content (AvgIpc) is 2.81. The fourth-order valence-electron chi connectivity index (χ4n) is 3.49. The summed E-state index contributed by atoms with van der Waals surface area (Å²) in [4.78, 5) is 15.9. The number of benzene rings is 1. The summed E-state index contributed by atoms with van der Waals surface area (Å²) in [7, 11) is 0.196. The Kier molecular flexibility index (Phi) is 7.82. The number of likely N-dealkylation sites (tertiary alicyclic amines) is 1. The van der Waals surface area contributed by atoms with Gasteiger partial charge in [0.25, 0.3) is 0 Å². The number of likely N-dealkylation sites (N-methyl/N-ethyl adjacent to an activating group) is 1. The van der Waals surface area contributed by atoms with Crippen molar-refractivity contribution in [3.8, 4) is 5.75 Å². The third-order valence-electron chi connectivity index (χ3n) is 4.93. The molecule has 1 heterocycles. The van der Waals surface area contributed by atoms with Gasteiger partial charge in [-0.1, -0.05) is 12.1 Å². The Hall–Kier alpha value is -1.68. The zero-order valence-electron chi connectivity index (χ0n) is 16.8. The molecule has 1 aliphatic rings. The first-order chi connectivity index (χ1) is 13.1. The zero-order valence-corrected chi connectivity index (χ0v) is 17.7. The van der Waals surface area contributed by atoms with Crippen LogP contribution in [0.15, 0.2) is 24.3 Å². The van der Waals surface area contributed by atoms with E-state index in [0.29, 0.717) is 45.4 Å². The summed E-state index contributed by atoms with van der Waals surface area (Å²) in [5.74, 6) is 0.546. The molecule has 1 amide bonds. The summed E-state index contributed by atoms with van der Waals surface area (Å²) in [6, 6.07) is 7.83. The summed E-state index contributed by atoms with van der Waals surface area (Å²) < 4.78 is 29.7. The molecule has 1 aliphatic heterocycles. The smallest absolute Gasteiger partial charge is 0.237 e. The van der Waals surface area contributed by atoms with E-state index in [1.54, 1.807) is 12.0 Å². The van der Waals surface area contributed by atoms with Gasteiger partial charge in [0.1, 0.15) is 5.75 Å². The van der Waals surface area contributed by atoms with E-state index in [2.05, 4.69) is 9.62 Å². The van der Waals surface area contributed by atoms with Crippen LogP contribution >= 0.6 is 0 Å². The molecule has 1 aromatic carbocycles. The van der Waals surface area contributed by atoms with Crippen molar-refractivity contribution in [2.75, 3.05) is 46.6 Å². The monoisotopic (exact) mass is 413 g/mol. The van der Waals surface area contributed by atoms with Crippen molar-refractivity contribution in [3.63, 3.8) is 0 Å². The van der Waals surface area contributed by atoms with E-state index in [-0.39, 0.29) is 12.5 Å². The quantitative estimate of drug-likeness (QED) is 0.641. The zero-order chi connectivity index (χ0) is 20.8. The number of carbonyl (C=O) groups is 1. The summed E-state index contributed by atoms with van der Waals surface area (Å²) >= 11 is 0. The molecule has 1 atom stereocenters. The first-order valence-corrected chi connectivity index (χ1v) is 11.3. The van der Waals surface area contributed by atoms with Crippen LogP contribution < -0.4 is 9.46 Å². The minimum absolute atomic E-state index is 0.241. The van der Waals surface area contributed by atoms with Crippen LogP contribution in [0.4, 0.5) is 0 Å². The van der Waals surface area contributed by atoms with Crippen molar-refractivity contribution < 1.29 is 23.1 Å². The molecule has 1 aromatic rings. The SMILES string of the molecule is COc1ccc(CN(C)C[C@]2(O)CCCN(C(=O)CNS(C)(=O)=O)CC2)cc1. The maximum atomic E-state index is 12.2. The number of hydrogen-bond donors (Lipinski definition) is 2. The summed E-state index contributed by atoms with van der Waals surface area (Å²) in [6.07, 6.45) is 2.77. The highest BCUT2D eigenvalue weighted by atomic mass is 32.2. The van der Waals surface area contributed by atoms with Crippen LogP contribution in [0.25, 0.3) is 0 Å². The third kappa shape index (κ3) is 7.38. The Labute approximate surface area is 167 Å². The van der Waals surface area contributed by atoms with Gasteiger partial charge in [0.05, 0.1) is 25.5 Å². The first kappa shape index (κ1) is 22.6. The van der Waals surface area contributed by atoms with Crippen LogP contribution in [0.3, 0.4) is 0 Å². The van der Waals surface area contributed by atoms with Crippen LogP contribution in [-0.2, 0) is 21.4 Å². The number of rotatable bonds is 8. The number of aliphatic hydroxyl groups is 1. The highest BCUT2D eigenvalue weighted by Gasteiger charge is 2.32. The van der Waals surface area contributed by atoms with Crippen molar-refractivity contribution in [2.24, 2.45) is 0 Å². The van der Waals surface area contributed by atoms with Gasteiger partial charge in [-0.15, -0.1) is 0 Å². The van der Waals surface area contributed by atoms with Gasteiger partial charge in [-0.2, -0.15) is 0 Å². The Bertz CT molecular complexity index is 753. The number of methoxy groups -OCH3 is 1. The van der Waals surface area contributed by atoms with Gasteiger partial charge in [-0.3, -0.25) is 9.69 Å². The highest BCUT2D eigenvalue weighted by molar-refractivity contribution is 7.88. The van der Waals surface area contributed by atoms with Gasteiger partial charge >= 0.3 is 0 Å². The molecule has 0 spiro atoms.